The Morgan fingerprint density at radius 2 is 0.557 bits per heavy atom. The predicted octanol–water partition coefficient (Wildman–Crippen LogP) is 12.9. The third-order valence-corrected chi connectivity index (χ3v) is 15.2. The summed E-state index contributed by atoms with van der Waals surface area (Å²) < 4.78 is 21.7. The molecule has 0 spiro atoms. The zero-order valence-electron chi connectivity index (χ0n) is 45.1. The lowest BCUT2D eigenvalue weighted by molar-refractivity contribution is -0.121. The third kappa shape index (κ3) is 9.23. The second kappa shape index (κ2) is 21.7. The average molecular weight is 1170 g/mol. The Morgan fingerprint density at radius 3 is 0.830 bits per heavy atom. The van der Waals surface area contributed by atoms with Crippen molar-refractivity contribution < 1.29 is 77.7 Å². The van der Waals surface area contributed by atoms with Crippen molar-refractivity contribution in [2.75, 3.05) is 0 Å². The number of nitrogens with zero attached hydrogens (tertiary/aromatic N) is 2. The van der Waals surface area contributed by atoms with Gasteiger partial charge in [0.1, 0.15) is 23.0 Å². The summed E-state index contributed by atoms with van der Waals surface area (Å²) in [5.74, 6) is -6.10. The van der Waals surface area contributed by atoms with Crippen molar-refractivity contribution in [2.24, 2.45) is 0 Å². The zero-order chi connectivity index (χ0) is 61.1. The van der Waals surface area contributed by atoms with Gasteiger partial charge in [0.2, 0.25) is 0 Å². The molecule has 20 heteroatoms. The van der Waals surface area contributed by atoms with Crippen molar-refractivity contribution >= 4 is 93.4 Å². The highest BCUT2D eigenvalue weighted by Crippen LogP contribution is 2.53. The van der Waals surface area contributed by atoms with E-state index in [-0.39, 0.29) is 138 Å². The summed E-state index contributed by atoms with van der Waals surface area (Å²) in [5.41, 5.74) is 3.85. The topological polar surface area (TPSA) is 312 Å². The van der Waals surface area contributed by atoms with Gasteiger partial charge in [0.05, 0.1) is 67.1 Å². The lowest BCUT2D eigenvalue weighted by atomic mass is 9.92. The number of aromatic nitrogens is 4. The molecule has 0 amide bonds. The van der Waals surface area contributed by atoms with Gasteiger partial charge in [0.15, 0.2) is 0 Å². The maximum absolute atomic E-state index is 13.2. The number of H-pyrrole nitrogens is 2. The predicted molar refractivity (Wildman–Crippen MR) is 321 cm³/mol. The van der Waals surface area contributed by atoms with Crippen molar-refractivity contribution in [2.45, 2.75) is 0 Å². The molecule has 426 valence electrons. The van der Waals surface area contributed by atoms with Gasteiger partial charge in [-0.3, -0.25) is 19.2 Å². The summed E-state index contributed by atoms with van der Waals surface area (Å²) in [6, 6.07) is 44.4. The van der Waals surface area contributed by atoms with Crippen LogP contribution in [0.25, 0.3) is 133 Å². The van der Waals surface area contributed by atoms with Gasteiger partial charge in [0.25, 0.3) is 25.9 Å². The molecule has 13 rings (SSSR count). The highest BCUT2D eigenvalue weighted by atomic mass is 16.5. The number of carboxylic acid groups (broad SMARTS) is 4. The monoisotopic (exact) mass is 1170 g/mol. The Morgan fingerprint density at radius 1 is 0.318 bits per heavy atom. The summed E-state index contributed by atoms with van der Waals surface area (Å²) in [7, 11) is 0. The van der Waals surface area contributed by atoms with E-state index in [9.17, 15) is 58.8 Å². The van der Waals surface area contributed by atoms with Gasteiger partial charge < -0.3 is 49.3 Å². The fraction of sp³-hybridized carbons (Fsp3) is 0. The van der Waals surface area contributed by atoms with Crippen LogP contribution >= 0.6 is 0 Å². The molecule has 4 heterocycles. The Hall–Kier alpha value is -12.8. The second-order valence-corrected chi connectivity index (χ2v) is 20.1. The second-order valence-electron chi connectivity index (χ2n) is 20.1. The maximum atomic E-state index is 13.2. The van der Waals surface area contributed by atoms with Crippen LogP contribution < -0.4 is 18.9 Å². The van der Waals surface area contributed by atoms with E-state index in [2.05, 4.69) is 9.97 Å². The molecule has 2 aliphatic heterocycles. The first kappa shape index (κ1) is 54.4. The number of benzene rings is 8. The number of carbonyl (C=O) groups is 8. The summed E-state index contributed by atoms with van der Waals surface area (Å²) in [4.78, 5) is 120. The first-order valence-corrected chi connectivity index (χ1v) is 26.5. The highest BCUT2D eigenvalue weighted by Gasteiger charge is 2.32. The zero-order valence-corrected chi connectivity index (χ0v) is 45.1. The van der Waals surface area contributed by atoms with Crippen molar-refractivity contribution in [1.29, 1.82) is 0 Å². The van der Waals surface area contributed by atoms with Gasteiger partial charge >= 0.3 is 23.9 Å². The quantitative estimate of drug-likeness (QED) is 0.0490. The molecule has 20 nitrogen and oxygen atoms in total. The molecular weight excluding hydrogens is 1130 g/mol. The lowest BCUT2D eigenvalue weighted by Gasteiger charge is -2.11. The third-order valence-electron chi connectivity index (χ3n) is 15.2. The highest BCUT2D eigenvalue weighted by molar-refractivity contribution is 6.22. The van der Waals surface area contributed by atoms with Gasteiger partial charge in [-0.15, -0.1) is 0 Å². The Kier molecular flexibility index (Phi) is 13.4. The van der Waals surface area contributed by atoms with E-state index in [4.69, 9.17) is 28.9 Å². The Labute approximate surface area is 493 Å². The van der Waals surface area contributed by atoms with Crippen LogP contribution in [-0.2, 0) is 19.2 Å². The van der Waals surface area contributed by atoms with E-state index in [1.165, 1.54) is 66.7 Å². The van der Waals surface area contributed by atoms with Crippen LogP contribution in [-0.4, -0.2) is 90.1 Å². The fourth-order valence-corrected chi connectivity index (χ4v) is 11.7. The Balaban J connectivity index is 1.40. The van der Waals surface area contributed by atoms with Gasteiger partial charge in [-0.25, -0.2) is 29.1 Å². The molecule has 1 aliphatic carbocycles. The van der Waals surface area contributed by atoms with Crippen LogP contribution in [0.15, 0.2) is 170 Å². The minimum absolute atomic E-state index is 0.0566. The van der Waals surface area contributed by atoms with Crippen LogP contribution in [0.4, 0.5) is 0 Å². The standard InChI is InChI=1S/C68H38N4O16/c73-29-85-41-22-34(19-39(26-41)67(81)82)54-59-47-11-3-1-9-45(47)57(69-59)53(33-17-37(65(77)78)21-38(18-33)66(79)80)58-46-10-2-4-12-48(46)60(70-58)55(35-20-40(68(83)84)27-42(23-35)86-30-74)62-50-14-6-8-16-52(50)64(72-62)56(63-51-15-7-5-13-49(51)61(54)71-63)36-24-43(87-31-75)28-44(25-36)88-32-76/h1-32,69,72H,(H,77,78)(H,79,80)(H,81,82)(H,83,84). The fourth-order valence-electron chi connectivity index (χ4n) is 11.7. The van der Waals surface area contributed by atoms with Crippen molar-refractivity contribution in [3.63, 3.8) is 0 Å². The number of hydrogen-bond donors (Lipinski definition) is 6. The van der Waals surface area contributed by atoms with Crippen LogP contribution in [0, 0.1) is 0 Å². The number of carbonyl (C=O) groups excluding carboxylic acids is 4. The number of aromatic carboxylic acids is 4. The minimum atomic E-state index is -1.45. The number of ether oxygens (including phenoxy) is 4. The molecule has 0 saturated heterocycles. The van der Waals surface area contributed by atoms with Crippen LogP contribution in [0.2, 0.25) is 0 Å². The van der Waals surface area contributed by atoms with Crippen LogP contribution in [0.1, 0.15) is 41.4 Å². The molecule has 6 N–H and O–H groups in total. The number of rotatable bonds is 16. The van der Waals surface area contributed by atoms with E-state index < -0.39 is 35.0 Å². The van der Waals surface area contributed by atoms with Crippen molar-refractivity contribution in [3.8, 4) is 113 Å². The molecule has 0 unspecified atom stereocenters. The number of carboxylic acids is 4. The van der Waals surface area contributed by atoms with E-state index in [1.54, 1.807) is 91.0 Å². The molecular formula is C68H38N4O16. The maximum Gasteiger partial charge on any atom is 0.335 e. The van der Waals surface area contributed by atoms with Crippen molar-refractivity contribution in [3.05, 3.63) is 192 Å². The number of aromatic amines is 2. The summed E-state index contributed by atoms with van der Waals surface area (Å²) in [6.07, 6.45) is 0. The molecule has 0 fully saturated rings. The lowest BCUT2D eigenvalue weighted by Crippen LogP contribution is -2.03. The molecule has 88 heavy (non-hydrogen) atoms. The van der Waals surface area contributed by atoms with Crippen LogP contribution in [0.3, 0.4) is 0 Å². The van der Waals surface area contributed by atoms with Crippen molar-refractivity contribution in [1.82, 2.24) is 19.9 Å². The molecule has 2 aromatic heterocycles. The normalized spacial score (nSPS) is 11.3. The Bertz CT molecular complexity index is 4990. The summed E-state index contributed by atoms with van der Waals surface area (Å²) >= 11 is 0. The van der Waals surface area contributed by atoms with Gasteiger partial charge in [-0.05, 0) is 89.0 Å². The first-order valence-electron chi connectivity index (χ1n) is 26.5. The average Bonchev–Trinajstić information content (AvgIpc) is 1.61. The molecule has 3 aliphatic rings. The van der Waals surface area contributed by atoms with E-state index >= 15 is 0 Å². The number of nitrogens with one attached hydrogen (secondary N) is 2. The first-order chi connectivity index (χ1) is 42.7. The van der Waals surface area contributed by atoms with Crippen LogP contribution in [0.5, 0.6) is 23.0 Å². The smallest absolute Gasteiger partial charge is 0.335 e. The molecule has 8 bridgehead atoms. The van der Waals surface area contributed by atoms with Gasteiger partial charge in [-0.2, -0.15) is 0 Å². The molecule has 0 saturated carbocycles. The summed E-state index contributed by atoms with van der Waals surface area (Å²) in [6.45, 7) is 0.703. The SMILES string of the molecule is O=COc1cc(OC=O)cc(-c2c3nc(c(-c4cc(OC=O)cc(C(=O)O)c4)c4[nH]c(c(-c5cc(C(=O)O)cc(C(=O)O)c5)c5nc(c(-c6cc(OC=O)cc(C(=O)O)c6)c6[nH]c2c2ccccc62)-c2ccccc2-5)c2ccccc42)-c2ccccc2-3)c1. The summed E-state index contributed by atoms with van der Waals surface area (Å²) in [5, 5.41) is 44.7. The van der Waals surface area contributed by atoms with Gasteiger partial charge in [-0.1, -0.05) is 97.1 Å². The van der Waals surface area contributed by atoms with E-state index in [0.717, 1.165) is 6.07 Å². The number of hydrogen-bond acceptors (Lipinski definition) is 14. The molecule has 0 radical (unpaired) electrons. The van der Waals surface area contributed by atoms with Gasteiger partial charge in [0, 0.05) is 72.1 Å². The molecule has 0 atom stereocenters. The van der Waals surface area contributed by atoms with E-state index in [1.807, 2.05) is 6.07 Å². The molecule has 10 aromatic rings. The van der Waals surface area contributed by atoms with E-state index in [0.29, 0.717) is 54.8 Å². The minimum Gasteiger partial charge on any atom is -0.478 e. The molecule has 8 aromatic carbocycles. The largest absolute Gasteiger partial charge is 0.478 e.